The SMILES string of the molecule is COc1c(F)ccnc1C(C)C. The molecule has 1 aromatic heterocycles. The van der Waals surface area contributed by atoms with E-state index in [2.05, 4.69) is 4.98 Å². The van der Waals surface area contributed by atoms with Gasteiger partial charge in [-0.25, -0.2) is 4.39 Å². The van der Waals surface area contributed by atoms with E-state index in [0.29, 0.717) is 5.69 Å². The van der Waals surface area contributed by atoms with Gasteiger partial charge in [-0.3, -0.25) is 4.98 Å². The molecule has 3 heteroatoms. The minimum absolute atomic E-state index is 0.177. The van der Waals surface area contributed by atoms with Gasteiger partial charge in [-0.15, -0.1) is 0 Å². The Labute approximate surface area is 71.4 Å². The Hall–Kier alpha value is -1.12. The summed E-state index contributed by atoms with van der Waals surface area (Å²) in [5.41, 5.74) is 0.664. The summed E-state index contributed by atoms with van der Waals surface area (Å²) in [6, 6.07) is 1.30. The summed E-state index contributed by atoms with van der Waals surface area (Å²) in [7, 11) is 1.45. The second-order valence-electron chi connectivity index (χ2n) is 2.87. The molecule has 1 rings (SSSR count). The number of aromatic nitrogens is 1. The Morgan fingerprint density at radius 1 is 1.50 bits per heavy atom. The van der Waals surface area contributed by atoms with Crippen LogP contribution in [0.15, 0.2) is 12.3 Å². The smallest absolute Gasteiger partial charge is 0.176 e. The van der Waals surface area contributed by atoms with Crippen LogP contribution in [0.1, 0.15) is 25.5 Å². The molecule has 0 N–H and O–H groups in total. The van der Waals surface area contributed by atoms with Crippen LogP contribution in [0.4, 0.5) is 4.39 Å². The quantitative estimate of drug-likeness (QED) is 0.678. The lowest BCUT2D eigenvalue weighted by atomic mass is 10.1. The standard InChI is InChI=1S/C9H12FNO/c1-6(2)8-9(12-3)7(10)4-5-11-8/h4-6H,1-3H3. The molecule has 0 aliphatic heterocycles. The molecule has 0 amide bonds. The maximum absolute atomic E-state index is 13.0. The molecular weight excluding hydrogens is 157 g/mol. The first-order chi connectivity index (χ1) is 5.66. The van der Waals surface area contributed by atoms with E-state index in [9.17, 15) is 4.39 Å². The van der Waals surface area contributed by atoms with Gasteiger partial charge < -0.3 is 4.74 Å². The molecule has 0 unspecified atom stereocenters. The normalized spacial score (nSPS) is 10.4. The van der Waals surface area contributed by atoms with Gasteiger partial charge in [0, 0.05) is 6.20 Å². The van der Waals surface area contributed by atoms with Gasteiger partial charge in [-0.1, -0.05) is 13.8 Å². The highest BCUT2D eigenvalue weighted by Gasteiger charge is 2.12. The molecule has 66 valence electrons. The third kappa shape index (κ3) is 1.55. The molecule has 0 fully saturated rings. The van der Waals surface area contributed by atoms with Crippen molar-refractivity contribution < 1.29 is 9.13 Å². The number of pyridine rings is 1. The summed E-state index contributed by atoms with van der Waals surface area (Å²) >= 11 is 0. The Kier molecular flexibility index (Phi) is 2.63. The fourth-order valence-corrected chi connectivity index (χ4v) is 1.05. The summed E-state index contributed by atoms with van der Waals surface area (Å²) in [5.74, 6) is 0.0827. The van der Waals surface area contributed by atoms with Crippen molar-refractivity contribution in [3.8, 4) is 5.75 Å². The van der Waals surface area contributed by atoms with Crippen LogP contribution in [0, 0.1) is 5.82 Å². The zero-order chi connectivity index (χ0) is 9.14. The van der Waals surface area contributed by atoms with E-state index in [1.54, 1.807) is 0 Å². The first kappa shape index (κ1) is 8.97. The first-order valence-corrected chi connectivity index (χ1v) is 3.85. The van der Waals surface area contributed by atoms with Crippen molar-refractivity contribution in [1.29, 1.82) is 0 Å². The van der Waals surface area contributed by atoms with E-state index < -0.39 is 0 Å². The van der Waals surface area contributed by atoms with Crippen LogP contribution in [0.2, 0.25) is 0 Å². The van der Waals surface area contributed by atoms with Crippen molar-refractivity contribution in [3.05, 3.63) is 23.8 Å². The van der Waals surface area contributed by atoms with Crippen LogP contribution >= 0.6 is 0 Å². The maximum atomic E-state index is 13.0. The zero-order valence-corrected chi connectivity index (χ0v) is 7.47. The summed E-state index contributed by atoms with van der Waals surface area (Å²) in [5, 5.41) is 0. The van der Waals surface area contributed by atoms with Crippen molar-refractivity contribution in [2.45, 2.75) is 19.8 Å². The molecular formula is C9H12FNO. The third-order valence-electron chi connectivity index (χ3n) is 1.64. The molecule has 0 spiro atoms. The number of hydrogen-bond acceptors (Lipinski definition) is 2. The maximum Gasteiger partial charge on any atom is 0.176 e. The molecule has 0 aliphatic carbocycles. The second kappa shape index (κ2) is 3.52. The van der Waals surface area contributed by atoms with Gasteiger partial charge in [-0.2, -0.15) is 0 Å². The highest BCUT2D eigenvalue weighted by molar-refractivity contribution is 5.30. The van der Waals surface area contributed by atoms with E-state index in [0.717, 1.165) is 0 Å². The van der Waals surface area contributed by atoms with Gasteiger partial charge in [0.15, 0.2) is 11.6 Å². The molecule has 1 aromatic rings. The Morgan fingerprint density at radius 3 is 2.58 bits per heavy atom. The fraction of sp³-hybridized carbons (Fsp3) is 0.444. The molecule has 2 nitrogen and oxygen atoms in total. The molecule has 0 aromatic carbocycles. The minimum Gasteiger partial charge on any atom is -0.492 e. The number of halogens is 1. The van der Waals surface area contributed by atoms with Crippen molar-refractivity contribution in [2.75, 3.05) is 7.11 Å². The Morgan fingerprint density at radius 2 is 2.17 bits per heavy atom. The predicted molar refractivity (Wildman–Crippen MR) is 44.8 cm³/mol. The molecule has 0 bridgehead atoms. The summed E-state index contributed by atoms with van der Waals surface area (Å²) in [6.45, 7) is 3.90. The monoisotopic (exact) mass is 169 g/mol. The number of ether oxygens (including phenoxy) is 1. The van der Waals surface area contributed by atoms with Crippen molar-refractivity contribution in [2.24, 2.45) is 0 Å². The van der Waals surface area contributed by atoms with Crippen LogP contribution in [-0.2, 0) is 0 Å². The first-order valence-electron chi connectivity index (χ1n) is 3.85. The largest absolute Gasteiger partial charge is 0.492 e. The van der Waals surface area contributed by atoms with Gasteiger partial charge in [-0.05, 0) is 12.0 Å². The van der Waals surface area contributed by atoms with E-state index in [4.69, 9.17) is 4.74 Å². The summed E-state index contributed by atoms with van der Waals surface area (Å²) in [6.07, 6.45) is 1.45. The number of hydrogen-bond donors (Lipinski definition) is 0. The number of methoxy groups -OCH3 is 1. The van der Waals surface area contributed by atoms with Crippen molar-refractivity contribution in [3.63, 3.8) is 0 Å². The van der Waals surface area contributed by atoms with Crippen molar-refractivity contribution in [1.82, 2.24) is 4.98 Å². The van der Waals surface area contributed by atoms with Gasteiger partial charge in [0.25, 0.3) is 0 Å². The molecule has 12 heavy (non-hydrogen) atoms. The summed E-state index contributed by atoms with van der Waals surface area (Å²) in [4.78, 5) is 4.04. The summed E-state index contributed by atoms with van der Waals surface area (Å²) < 4.78 is 17.9. The van der Waals surface area contributed by atoms with E-state index in [1.165, 1.54) is 19.4 Å². The molecule has 0 atom stereocenters. The molecule has 0 saturated carbocycles. The van der Waals surface area contributed by atoms with Gasteiger partial charge in [0.2, 0.25) is 0 Å². The van der Waals surface area contributed by atoms with Gasteiger partial charge in [0.05, 0.1) is 12.8 Å². The van der Waals surface area contributed by atoms with Crippen LogP contribution in [0.3, 0.4) is 0 Å². The topological polar surface area (TPSA) is 22.1 Å². The molecule has 0 saturated heterocycles. The second-order valence-corrected chi connectivity index (χ2v) is 2.87. The Balaban J connectivity index is 3.18. The number of rotatable bonds is 2. The average molecular weight is 169 g/mol. The lowest BCUT2D eigenvalue weighted by Gasteiger charge is -2.09. The van der Waals surface area contributed by atoms with Gasteiger partial charge >= 0.3 is 0 Å². The van der Waals surface area contributed by atoms with Crippen LogP contribution in [-0.4, -0.2) is 12.1 Å². The van der Waals surface area contributed by atoms with Crippen molar-refractivity contribution >= 4 is 0 Å². The molecule has 0 radical (unpaired) electrons. The van der Waals surface area contributed by atoms with E-state index in [-0.39, 0.29) is 17.5 Å². The van der Waals surface area contributed by atoms with Crippen LogP contribution in [0.5, 0.6) is 5.75 Å². The highest BCUT2D eigenvalue weighted by atomic mass is 19.1. The highest BCUT2D eigenvalue weighted by Crippen LogP contribution is 2.25. The Bertz CT molecular complexity index is 273. The predicted octanol–water partition coefficient (Wildman–Crippen LogP) is 2.35. The molecule has 1 heterocycles. The van der Waals surface area contributed by atoms with Crippen LogP contribution < -0.4 is 4.74 Å². The lowest BCUT2D eigenvalue weighted by molar-refractivity contribution is 0.376. The average Bonchev–Trinajstić information content (AvgIpc) is 2.03. The third-order valence-corrected chi connectivity index (χ3v) is 1.64. The van der Waals surface area contributed by atoms with E-state index >= 15 is 0 Å². The fourth-order valence-electron chi connectivity index (χ4n) is 1.05. The molecule has 0 aliphatic rings. The lowest BCUT2D eigenvalue weighted by Crippen LogP contribution is -1.99. The minimum atomic E-state index is -0.351. The van der Waals surface area contributed by atoms with Crippen LogP contribution in [0.25, 0.3) is 0 Å². The number of nitrogens with zero attached hydrogens (tertiary/aromatic N) is 1. The van der Waals surface area contributed by atoms with E-state index in [1.807, 2.05) is 13.8 Å². The zero-order valence-electron chi connectivity index (χ0n) is 7.47. The van der Waals surface area contributed by atoms with Gasteiger partial charge in [0.1, 0.15) is 0 Å².